The average Bonchev–Trinajstić information content (AvgIpc) is 2.47. The third kappa shape index (κ3) is 3.08. The molecule has 0 aliphatic heterocycles. The van der Waals surface area contributed by atoms with Crippen LogP contribution in [0.1, 0.15) is 22.8 Å². The first-order chi connectivity index (χ1) is 9.61. The Morgan fingerprint density at radius 2 is 2.05 bits per heavy atom. The fourth-order valence-electron chi connectivity index (χ4n) is 1.93. The van der Waals surface area contributed by atoms with Crippen LogP contribution < -0.4 is 11.1 Å². The zero-order valence-electron chi connectivity index (χ0n) is 11.3. The first-order valence-corrected chi connectivity index (χ1v) is 6.39. The van der Waals surface area contributed by atoms with Crippen molar-refractivity contribution in [3.63, 3.8) is 0 Å². The lowest BCUT2D eigenvalue weighted by atomic mass is 10.1. The van der Waals surface area contributed by atoms with Crippen molar-refractivity contribution in [3.8, 4) is 6.07 Å². The van der Waals surface area contributed by atoms with Gasteiger partial charge in [-0.25, -0.2) is 0 Å². The first-order valence-electron chi connectivity index (χ1n) is 6.39. The molecule has 0 saturated heterocycles. The Morgan fingerprint density at radius 3 is 2.75 bits per heavy atom. The van der Waals surface area contributed by atoms with Gasteiger partial charge in [0, 0.05) is 12.2 Å². The number of anilines is 2. The summed E-state index contributed by atoms with van der Waals surface area (Å²) in [4.78, 5) is 0. The Bertz CT molecular complexity index is 646. The van der Waals surface area contributed by atoms with Crippen LogP contribution in [0.25, 0.3) is 0 Å². The van der Waals surface area contributed by atoms with Crippen molar-refractivity contribution in [2.45, 2.75) is 13.0 Å². The van der Waals surface area contributed by atoms with E-state index < -0.39 is 6.10 Å². The van der Waals surface area contributed by atoms with Gasteiger partial charge in [-0.1, -0.05) is 24.3 Å². The van der Waals surface area contributed by atoms with Gasteiger partial charge in [0.05, 0.1) is 17.4 Å². The molecular formula is C16H17N3O. The molecular weight excluding hydrogens is 250 g/mol. The molecule has 0 bridgehead atoms. The average molecular weight is 267 g/mol. The van der Waals surface area contributed by atoms with Gasteiger partial charge in [0.1, 0.15) is 6.07 Å². The molecule has 20 heavy (non-hydrogen) atoms. The number of aryl methyl sites for hydroxylation is 1. The number of aliphatic hydroxyl groups excluding tert-OH is 1. The SMILES string of the molecule is Cc1ccc(C(O)CNc2ccccc2C#N)cc1N. The minimum Gasteiger partial charge on any atom is -0.399 e. The maximum absolute atomic E-state index is 10.2. The number of nitrogens with one attached hydrogen (secondary N) is 1. The molecule has 0 aliphatic carbocycles. The molecule has 1 unspecified atom stereocenters. The van der Waals surface area contributed by atoms with Crippen LogP contribution >= 0.6 is 0 Å². The number of hydrogen-bond donors (Lipinski definition) is 3. The number of nitrogen functional groups attached to an aromatic ring is 1. The van der Waals surface area contributed by atoms with Crippen LogP contribution in [-0.4, -0.2) is 11.7 Å². The van der Waals surface area contributed by atoms with Gasteiger partial charge in [0.15, 0.2) is 0 Å². The number of nitrogens with two attached hydrogens (primary N) is 1. The number of nitriles is 1. The predicted octanol–water partition coefficient (Wildman–Crippen LogP) is 2.59. The van der Waals surface area contributed by atoms with Crippen molar-refractivity contribution >= 4 is 11.4 Å². The molecule has 2 aromatic carbocycles. The van der Waals surface area contributed by atoms with Crippen molar-refractivity contribution in [1.29, 1.82) is 5.26 Å². The van der Waals surface area contributed by atoms with Gasteiger partial charge < -0.3 is 16.2 Å². The summed E-state index contributed by atoms with van der Waals surface area (Å²) < 4.78 is 0. The molecule has 4 heteroatoms. The van der Waals surface area contributed by atoms with Crippen LogP contribution in [-0.2, 0) is 0 Å². The third-order valence-electron chi connectivity index (χ3n) is 3.22. The highest BCUT2D eigenvalue weighted by Crippen LogP contribution is 2.20. The first kappa shape index (κ1) is 13.9. The highest BCUT2D eigenvalue weighted by atomic mass is 16.3. The molecule has 0 radical (unpaired) electrons. The van der Waals surface area contributed by atoms with Gasteiger partial charge in [-0.2, -0.15) is 5.26 Å². The van der Waals surface area contributed by atoms with Crippen LogP contribution in [0.3, 0.4) is 0 Å². The molecule has 0 aliphatic rings. The normalized spacial score (nSPS) is 11.7. The Hall–Kier alpha value is -2.51. The van der Waals surface area contributed by atoms with Gasteiger partial charge >= 0.3 is 0 Å². The molecule has 0 fully saturated rings. The predicted molar refractivity (Wildman–Crippen MR) is 80.2 cm³/mol. The molecule has 0 aromatic heterocycles. The molecule has 2 aromatic rings. The van der Waals surface area contributed by atoms with Crippen LogP contribution in [0.5, 0.6) is 0 Å². The summed E-state index contributed by atoms with van der Waals surface area (Å²) in [5, 5.41) is 22.2. The fourth-order valence-corrected chi connectivity index (χ4v) is 1.93. The van der Waals surface area contributed by atoms with E-state index in [1.165, 1.54) is 0 Å². The van der Waals surface area contributed by atoms with E-state index in [-0.39, 0.29) is 0 Å². The lowest BCUT2D eigenvalue weighted by Gasteiger charge is -2.15. The standard InChI is InChI=1S/C16H17N3O/c1-11-6-7-12(8-14(11)18)16(20)10-19-15-5-3-2-4-13(15)9-17/h2-8,16,19-20H,10,18H2,1H3. The van der Waals surface area contributed by atoms with E-state index >= 15 is 0 Å². The summed E-state index contributed by atoms with van der Waals surface area (Å²) in [5.41, 5.74) is 9.53. The van der Waals surface area contributed by atoms with E-state index in [9.17, 15) is 5.11 Å². The smallest absolute Gasteiger partial charge is 0.101 e. The van der Waals surface area contributed by atoms with E-state index in [4.69, 9.17) is 11.0 Å². The van der Waals surface area contributed by atoms with E-state index in [1.807, 2.05) is 31.2 Å². The highest BCUT2D eigenvalue weighted by molar-refractivity contribution is 5.57. The van der Waals surface area contributed by atoms with Crippen molar-refractivity contribution < 1.29 is 5.11 Å². The van der Waals surface area contributed by atoms with E-state index in [0.717, 1.165) is 11.1 Å². The zero-order valence-corrected chi connectivity index (χ0v) is 11.3. The number of hydrogen-bond acceptors (Lipinski definition) is 4. The highest BCUT2D eigenvalue weighted by Gasteiger charge is 2.09. The molecule has 0 amide bonds. The number of benzene rings is 2. The van der Waals surface area contributed by atoms with Crippen molar-refractivity contribution in [2.24, 2.45) is 0 Å². The van der Waals surface area contributed by atoms with Gasteiger partial charge in [0.2, 0.25) is 0 Å². The molecule has 4 nitrogen and oxygen atoms in total. The summed E-state index contributed by atoms with van der Waals surface area (Å²) in [6, 6.07) is 14.8. The molecule has 102 valence electrons. The van der Waals surface area contributed by atoms with Gasteiger partial charge in [0.25, 0.3) is 0 Å². The molecule has 0 spiro atoms. The third-order valence-corrected chi connectivity index (χ3v) is 3.22. The molecule has 2 rings (SSSR count). The number of nitrogens with zero attached hydrogens (tertiary/aromatic N) is 1. The quantitative estimate of drug-likeness (QED) is 0.744. The largest absolute Gasteiger partial charge is 0.399 e. The summed E-state index contributed by atoms with van der Waals surface area (Å²) in [5.74, 6) is 0. The number of rotatable bonds is 4. The van der Waals surface area contributed by atoms with Crippen molar-refractivity contribution in [3.05, 3.63) is 59.2 Å². The molecule has 0 heterocycles. The second-order valence-electron chi connectivity index (χ2n) is 4.67. The van der Waals surface area contributed by atoms with Crippen LogP contribution in [0.4, 0.5) is 11.4 Å². The van der Waals surface area contributed by atoms with Gasteiger partial charge in [-0.05, 0) is 36.2 Å². The maximum Gasteiger partial charge on any atom is 0.101 e. The Balaban J connectivity index is 2.07. The Morgan fingerprint density at radius 1 is 1.30 bits per heavy atom. The van der Waals surface area contributed by atoms with Gasteiger partial charge in [-0.3, -0.25) is 0 Å². The van der Waals surface area contributed by atoms with E-state index in [2.05, 4.69) is 11.4 Å². The fraction of sp³-hybridized carbons (Fsp3) is 0.188. The maximum atomic E-state index is 10.2. The second-order valence-corrected chi connectivity index (χ2v) is 4.67. The summed E-state index contributed by atoms with van der Waals surface area (Å²) in [6.07, 6.45) is -0.676. The minimum absolute atomic E-state index is 0.321. The monoisotopic (exact) mass is 267 g/mol. The van der Waals surface area contributed by atoms with E-state index in [1.54, 1.807) is 18.2 Å². The van der Waals surface area contributed by atoms with Crippen LogP contribution in [0, 0.1) is 18.3 Å². The van der Waals surface area contributed by atoms with E-state index in [0.29, 0.717) is 23.5 Å². The molecule has 4 N–H and O–H groups in total. The zero-order chi connectivity index (χ0) is 14.5. The second kappa shape index (κ2) is 6.09. The number of aliphatic hydroxyl groups is 1. The summed E-state index contributed by atoms with van der Waals surface area (Å²) in [6.45, 7) is 2.24. The van der Waals surface area contributed by atoms with Gasteiger partial charge in [-0.15, -0.1) is 0 Å². The number of para-hydroxylation sites is 1. The minimum atomic E-state index is -0.676. The summed E-state index contributed by atoms with van der Waals surface area (Å²) >= 11 is 0. The lowest BCUT2D eigenvalue weighted by molar-refractivity contribution is 0.191. The van der Waals surface area contributed by atoms with Crippen molar-refractivity contribution in [2.75, 3.05) is 17.6 Å². The summed E-state index contributed by atoms with van der Waals surface area (Å²) in [7, 11) is 0. The Labute approximate surface area is 118 Å². The van der Waals surface area contributed by atoms with Crippen LogP contribution in [0.2, 0.25) is 0 Å². The molecule has 0 saturated carbocycles. The Kier molecular flexibility index (Phi) is 4.24. The molecule has 1 atom stereocenters. The lowest BCUT2D eigenvalue weighted by Crippen LogP contribution is -2.13. The van der Waals surface area contributed by atoms with Crippen LogP contribution in [0.15, 0.2) is 42.5 Å². The topological polar surface area (TPSA) is 82.1 Å². The van der Waals surface area contributed by atoms with Crippen molar-refractivity contribution in [1.82, 2.24) is 0 Å².